The second-order valence-electron chi connectivity index (χ2n) is 2.08. The van der Waals surface area contributed by atoms with Crippen LogP contribution in [-0.2, 0) is 4.74 Å². The Morgan fingerprint density at radius 2 is 2.36 bits per heavy atom. The first kappa shape index (κ1) is 7.59. The van der Waals surface area contributed by atoms with Crippen LogP contribution < -0.4 is 5.73 Å². The van der Waals surface area contributed by atoms with Crippen LogP contribution >= 0.6 is 0 Å². The molecule has 0 atom stereocenters. The number of anilines is 1. The van der Waals surface area contributed by atoms with Gasteiger partial charge in [0.25, 0.3) is 0 Å². The first-order valence-corrected chi connectivity index (χ1v) is 3.05. The number of aromatic amines is 1. The number of hydrogen-bond acceptors (Lipinski definition) is 4. The van der Waals surface area contributed by atoms with Gasteiger partial charge in [-0.3, -0.25) is 0 Å². The van der Waals surface area contributed by atoms with Crippen LogP contribution in [0.4, 0.5) is 5.82 Å². The fourth-order valence-corrected chi connectivity index (χ4v) is 0.667. The summed E-state index contributed by atoms with van der Waals surface area (Å²) in [6, 6.07) is 0. The lowest BCUT2D eigenvalue weighted by Gasteiger charge is -1.90. The van der Waals surface area contributed by atoms with Gasteiger partial charge in [0.1, 0.15) is 5.82 Å². The molecule has 0 aliphatic heterocycles. The van der Waals surface area contributed by atoms with Gasteiger partial charge < -0.3 is 15.5 Å². The molecule has 1 aromatic rings. The van der Waals surface area contributed by atoms with Gasteiger partial charge in [-0.15, -0.1) is 0 Å². The third kappa shape index (κ3) is 1.31. The summed E-state index contributed by atoms with van der Waals surface area (Å²) in [5, 5.41) is 0. The second-order valence-corrected chi connectivity index (χ2v) is 2.08. The minimum atomic E-state index is -0.509. The van der Waals surface area contributed by atoms with E-state index in [1.165, 1.54) is 7.11 Å². The monoisotopic (exact) mass is 155 g/mol. The van der Waals surface area contributed by atoms with E-state index in [1.807, 2.05) is 0 Å². The lowest BCUT2D eigenvalue weighted by Crippen LogP contribution is -2.03. The smallest absolute Gasteiger partial charge is 0.374 e. The molecule has 1 rings (SSSR count). The zero-order valence-electron chi connectivity index (χ0n) is 6.34. The summed E-state index contributed by atoms with van der Waals surface area (Å²) in [5.74, 6) is 0.0256. The first-order valence-electron chi connectivity index (χ1n) is 3.05. The molecule has 0 saturated carbocycles. The lowest BCUT2D eigenvalue weighted by atomic mass is 10.5. The minimum absolute atomic E-state index is 0.141. The Hall–Kier alpha value is -1.52. The van der Waals surface area contributed by atoms with Crippen LogP contribution in [0.3, 0.4) is 0 Å². The molecule has 0 saturated heterocycles. The van der Waals surface area contributed by atoms with Crippen LogP contribution in [0.25, 0.3) is 0 Å². The van der Waals surface area contributed by atoms with E-state index < -0.39 is 5.97 Å². The van der Waals surface area contributed by atoms with Crippen molar-refractivity contribution in [2.45, 2.75) is 6.92 Å². The standard InChI is InChI=1S/C6H9N3O2/c1-3-4(7)9-5(8-3)6(10)11-2/h7H2,1-2H3,(H,8,9). The topological polar surface area (TPSA) is 81.0 Å². The molecular weight excluding hydrogens is 146 g/mol. The Morgan fingerprint density at radius 1 is 1.73 bits per heavy atom. The molecule has 0 spiro atoms. The third-order valence-corrected chi connectivity index (χ3v) is 1.30. The van der Waals surface area contributed by atoms with Crippen molar-refractivity contribution < 1.29 is 9.53 Å². The summed E-state index contributed by atoms with van der Waals surface area (Å²) in [6.07, 6.45) is 0. The van der Waals surface area contributed by atoms with E-state index in [0.717, 1.165) is 0 Å². The lowest BCUT2D eigenvalue weighted by molar-refractivity contribution is 0.0588. The Bertz CT molecular complexity index is 260. The number of aromatic nitrogens is 2. The molecule has 3 N–H and O–H groups in total. The van der Waals surface area contributed by atoms with Crippen molar-refractivity contribution in [3.8, 4) is 0 Å². The number of carbonyl (C=O) groups excluding carboxylic acids is 1. The van der Waals surface area contributed by atoms with Crippen molar-refractivity contribution in [3.63, 3.8) is 0 Å². The molecule has 0 aromatic carbocycles. The molecule has 0 bridgehead atoms. The Labute approximate surface area is 63.6 Å². The number of hydrogen-bond donors (Lipinski definition) is 2. The van der Waals surface area contributed by atoms with Gasteiger partial charge in [-0.05, 0) is 6.92 Å². The van der Waals surface area contributed by atoms with Crippen LogP contribution in [0.15, 0.2) is 0 Å². The molecule has 1 heterocycles. The molecule has 0 aliphatic carbocycles. The summed E-state index contributed by atoms with van der Waals surface area (Å²) in [4.78, 5) is 17.2. The molecule has 5 nitrogen and oxygen atoms in total. The van der Waals surface area contributed by atoms with E-state index in [0.29, 0.717) is 11.5 Å². The number of nitrogens with two attached hydrogens (primary N) is 1. The first-order chi connectivity index (χ1) is 5.15. The summed E-state index contributed by atoms with van der Waals surface area (Å²) >= 11 is 0. The summed E-state index contributed by atoms with van der Waals surface area (Å²) in [5.41, 5.74) is 6.01. The number of aryl methyl sites for hydroxylation is 1. The summed E-state index contributed by atoms with van der Waals surface area (Å²) in [6.45, 7) is 1.71. The molecule has 0 amide bonds. The fraction of sp³-hybridized carbons (Fsp3) is 0.333. The highest BCUT2D eigenvalue weighted by Gasteiger charge is 2.10. The molecule has 60 valence electrons. The number of methoxy groups -OCH3 is 1. The van der Waals surface area contributed by atoms with E-state index in [1.54, 1.807) is 6.92 Å². The average molecular weight is 155 g/mol. The predicted octanol–water partition coefficient (Wildman–Crippen LogP) is 0.0869. The van der Waals surface area contributed by atoms with Crippen LogP contribution in [0.1, 0.15) is 16.3 Å². The van der Waals surface area contributed by atoms with Gasteiger partial charge in [0.15, 0.2) is 0 Å². The number of nitrogen functional groups attached to an aromatic ring is 1. The molecule has 11 heavy (non-hydrogen) atoms. The minimum Gasteiger partial charge on any atom is -0.463 e. The maximum Gasteiger partial charge on any atom is 0.374 e. The van der Waals surface area contributed by atoms with Gasteiger partial charge in [0.2, 0.25) is 5.82 Å². The van der Waals surface area contributed by atoms with E-state index in [9.17, 15) is 4.79 Å². The number of esters is 1. The second kappa shape index (κ2) is 2.61. The van der Waals surface area contributed by atoms with E-state index in [4.69, 9.17) is 5.73 Å². The Kier molecular flexibility index (Phi) is 1.80. The number of nitrogens with zero attached hydrogens (tertiary/aromatic N) is 1. The van der Waals surface area contributed by atoms with Crippen LogP contribution in [0, 0.1) is 6.92 Å². The van der Waals surface area contributed by atoms with Crippen molar-refractivity contribution in [1.82, 2.24) is 9.97 Å². The van der Waals surface area contributed by atoms with Crippen LogP contribution in [0.2, 0.25) is 0 Å². The molecule has 0 radical (unpaired) electrons. The van der Waals surface area contributed by atoms with Gasteiger partial charge in [-0.1, -0.05) is 0 Å². The fourth-order valence-electron chi connectivity index (χ4n) is 0.667. The predicted molar refractivity (Wildman–Crippen MR) is 39.1 cm³/mol. The highest BCUT2D eigenvalue weighted by atomic mass is 16.5. The van der Waals surface area contributed by atoms with Crippen molar-refractivity contribution in [1.29, 1.82) is 0 Å². The van der Waals surface area contributed by atoms with Gasteiger partial charge in [-0.2, -0.15) is 0 Å². The average Bonchev–Trinajstić information content (AvgIpc) is 2.31. The quantitative estimate of drug-likeness (QED) is 0.563. The largest absolute Gasteiger partial charge is 0.463 e. The molecule has 1 aromatic heterocycles. The Morgan fingerprint density at radius 3 is 2.73 bits per heavy atom. The normalized spacial score (nSPS) is 9.64. The third-order valence-electron chi connectivity index (χ3n) is 1.30. The number of rotatable bonds is 1. The summed E-state index contributed by atoms with van der Waals surface area (Å²) < 4.78 is 4.42. The van der Waals surface area contributed by atoms with Crippen LogP contribution in [0.5, 0.6) is 0 Å². The van der Waals surface area contributed by atoms with Crippen molar-refractivity contribution >= 4 is 11.8 Å². The van der Waals surface area contributed by atoms with Crippen molar-refractivity contribution in [2.24, 2.45) is 0 Å². The summed E-state index contributed by atoms with van der Waals surface area (Å²) in [7, 11) is 1.29. The number of imidazole rings is 1. The molecule has 0 fully saturated rings. The zero-order valence-corrected chi connectivity index (χ0v) is 6.34. The number of nitrogens with one attached hydrogen (secondary N) is 1. The van der Waals surface area contributed by atoms with Gasteiger partial charge in [0, 0.05) is 0 Å². The van der Waals surface area contributed by atoms with E-state index in [-0.39, 0.29) is 5.82 Å². The number of H-pyrrole nitrogens is 1. The molecule has 0 unspecified atom stereocenters. The SMILES string of the molecule is COC(=O)c1nc(C)c(N)[nH]1. The Balaban J connectivity index is 2.97. The van der Waals surface area contributed by atoms with E-state index >= 15 is 0 Å². The van der Waals surface area contributed by atoms with E-state index in [2.05, 4.69) is 14.7 Å². The van der Waals surface area contributed by atoms with Gasteiger partial charge in [0.05, 0.1) is 12.8 Å². The number of carbonyl (C=O) groups is 1. The highest BCUT2D eigenvalue weighted by molar-refractivity contribution is 5.85. The maximum atomic E-state index is 10.8. The van der Waals surface area contributed by atoms with Crippen molar-refractivity contribution in [2.75, 3.05) is 12.8 Å². The molecule has 5 heteroatoms. The number of ether oxygens (including phenoxy) is 1. The molecule has 0 aliphatic rings. The zero-order chi connectivity index (χ0) is 8.43. The molecular formula is C6H9N3O2. The van der Waals surface area contributed by atoms with Crippen LogP contribution in [-0.4, -0.2) is 23.0 Å². The van der Waals surface area contributed by atoms with Crippen molar-refractivity contribution in [3.05, 3.63) is 11.5 Å². The maximum absolute atomic E-state index is 10.8. The highest BCUT2D eigenvalue weighted by Crippen LogP contribution is 2.06. The van der Waals surface area contributed by atoms with Gasteiger partial charge >= 0.3 is 5.97 Å². The van der Waals surface area contributed by atoms with Gasteiger partial charge in [-0.25, -0.2) is 9.78 Å².